The number of pyridine rings is 1. The van der Waals surface area contributed by atoms with Crippen molar-refractivity contribution in [2.45, 2.75) is 56.0 Å². The first kappa shape index (κ1) is 58.8. The molecule has 0 radical (unpaired) electrons. The van der Waals surface area contributed by atoms with Crippen LogP contribution in [-0.4, -0.2) is 11.1 Å². The molecule has 7 rings (SSSR count). The number of halogens is 24. The van der Waals surface area contributed by atoms with E-state index in [1.807, 2.05) is 53.1 Å². The Labute approximate surface area is 414 Å². The lowest BCUT2D eigenvalue weighted by atomic mass is 9.12. The van der Waals surface area contributed by atoms with Gasteiger partial charge in [0.1, 0.15) is 11.5 Å². The molecule has 7 aromatic rings. The fourth-order valence-electron chi connectivity index (χ4n) is 8.42. The van der Waals surface area contributed by atoms with Gasteiger partial charge in [0.2, 0.25) is 5.52 Å². The number of aromatic nitrogens is 1. The monoisotopic (exact) mass is 1130 g/mol. The predicted octanol–water partition coefficient (Wildman–Crippen LogP) is 14.3. The molecule has 0 N–H and O–H groups in total. The highest BCUT2D eigenvalue weighted by Gasteiger charge is 2.47. The molecule has 410 valence electrons. The van der Waals surface area contributed by atoms with Crippen LogP contribution in [0.1, 0.15) is 50.1 Å². The first-order valence-corrected chi connectivity index (χ1v) is 21.0. The molecule has 0 saturated carbocycles. The number of hydrogen-bond acceptors (Lipinski definition) is 2. The third-order valence-corrected chi connectivity index (χ3v) is 11.7. The molecule has 0 amide bonds. The molecular formula is C48H25BF24N2O2. The van der Waals surface area contributed by atoms with Gasteiger partial charge in [-0.15, -0.1) is 0 Å². The largest absolute Gasteiger partial charge is 0.416 e. The molecule has 6 aromatic carbocycles. The van der Waals surface area contributed by atoms with E-state index < -0.39 is 195 Å². The van der Waals surface area contributed by atoms with Crippen molar-refractivity contribution in [2.24, 2.45) is 0 Å². The molecule has 0 spiro atoms. The van der Waals surface area contributed by atoms with Crippen molar-refractivity contribution in [3.8, 4) is 0 Å². The fraction of sp³-hybridized carbons (Fsp3) is 0.188. The maximum atomic E-state index is 14.2. The van der Waals surface area contributed by atoms with Crippen LogP contribution < -0.4 is 26.4 Å². The van der Waals surface area contributed by atoms with Gasteiger partial charge in [-0.05, 0) is 30.3 Å². The highest BCUT2D eigenvalue weighted by Crippen LogP contribution is 2.41. The van der Waals surface area contributed by atoms with Crippen molar-refractivity contribution < 1.29 is 115 Å². The highest BCUT2D eigenvalue weighted by molar-refractivity contribution is 7.20. The Balaban J connectivity index is 0.000000397. The second-order valence-corrected chi connectivity index (χ2v) is 16.8. The average molecular weight is 1130 g/mol. The number of hydrogen-bond donors (Lipinski definition) is 0. The van der Waals surface area contributed by atoms with Gasteiger partial charge in [-0.2, -0.15) is 132 Å². The van der Waals surface area contributed by atoms with Gasteiger partial charge >= 0.3 is 49.4 Å². The summed E-state index contributed by atoms with van der Waals surface area (Å²) >= 11 is 0. The molecule has 0 unspecified atom stereocenters. The van der Waals surface area contributed by atoms with Gasteiger partial charge in [-0.3, -0.25) is 10.1 Å². The van der Waals surface area contributed by atoms with Gasteiger partial charge in [0.15, 0.2) is 12.7 Å². The molecule has 0 fully saturated rings. The molecule has 0 aliphatic heterocycles. The van der Waals surface area contributed by atoms with Crippen LogP contribution in [0.5, 0.6) is 0 Å². The summed E-state index contributed by atoms with van der Waals surface area (Å²) in [6.45, 7) is 0.694. The molecule has 1 heterocycles. The van der Waals surface area contributed by atoms with E-state index in [1.54, 1.807) is 18.3 Å². The van der Waals surface area contributed by atoms with Crippen LogP contribution in [0.25, 0.3) is 10.9 Å². The normalized spacial score (nSPS) is 13.4. The van der Waals surface area contributed by atoms with E-state index in [1.165, 1.54) is 0 Å². The average Bonchev–Trinajstić information content (AvgIpc) is 3.30. The van der Waals surface area contributed by atoms with Gasteiger partial charge in [0.05, 0.1) is 55.5 Å². The number of rotatable bonds is 7. The minimum absolute atomic E-state index is 0.143. The lowest BCUT2D eigenvalue weighted by Crippen LogP contribution is -2.75. The molecule has 0 aliphatic rings. The molecule has 29 heteroatoms. The van der Waals surface area contributed by atoms with Crippen LogP contribution in [0.3, 0.4) is 0 Å². The smallest absolute Gasteiger partial charge is 0.258 e. The zero-order valence-corrected chi connectivity index (χ0v) is 37.3. The third-order valence-electron chi connectivity index (χ3n) is 11.7. The zero-order valence-electron chi connectivity index (χ0n) is 37.3. The van der Waals surface area contributed by atoms with Crippen molar-refractivity contribution in [3.63, 3.8) is 0 Å². The number of benzene rings is 6. The number of alkyl halides is 24. The SMILES string of the molecule is FC(F)(F)c1cc([B-](c2cc(C(F)(F)F)cc(C(F)(F)F)c2)(c2cc(C(F)(F)F)cc(C(F)(F)F)c2)c2cc(C(F)(F)F)cc(C(F)(F)F)c2)cc(C(F)(F)F)c1.O=[N+]([O-])c1cc[n+](Cc2ccccc2)c2ccccc12. The zero-order chi connectivity index (χ0) is 57.9. The summed E-state index contributed by atoms with van der Waals surface area (Å²) in [5, 5.41) is 11.7. The second kappa shape index (κ2) is 20.1. The Morgan fingerprint density at radius 1 is 0.364 bits per heavy atom. The van der Waals surface area contributed by atoms with E-state index in [-0.39, 0.29) is 10.6 Å². The maximum Gasteiger partial charge on any atom is 0.416 e. The van der Waals surface area contributed by atoms with Gasteiger partial charge in [-0.1, -0.05) is 91.0 Å². The summed E-state index contributed by atoms with van der Waals surface area (Å²) < 4.78 is 343. The van der Waals surface area contributed by atoms with Gasteiger partial charge in [0, 0.05) is 11.6 Å². The van der Waals surface area contributed by atoms with Gasteiger partial charge in [0.25, 0.3) is 5.69 Å². The van der Waals surface area contributed by atoms with Crippen LogP contribution in [0.2, 0.25) is 0 Å². The lowest BCUT2D eigenvalue weighted by molar-refractivity contribution is -0.662. The molecular weight excluding hydrogens is 1100 g/mol. The van der Waals surface area contributed by atoms with Crippen molar-refractivity contribution in [2.75, 3.05) is 0 Å². The summed E-state index contributed by atoms with van der Waals surface area (Å²) in [6, 6.07) is 10.2. The topological polar surface area (TPSA) is 47.0 Å². The predicted molar refractivity (Wildman–Crippen MR) is 226 cm³/mol. The molecule has 4 nitrogen and oxygen atoms in total. The molecule has 0 saturated heterocycles. The van der Waals surface area contributed by atoms with Crippen LogP contribution in [0.4, 0.5) is 111 Å². The Morgan fingerprint density at radius 3 is 0.883 bits per heavy atom. The van der Waals surface area contributed by atoms with Crippen LogP contribution in [-0.2, 0) is 56.0 Å². The number of fused-ring (bicyclic) bond motifs is 1. The lowest BCUT2D eigenvalue weighted by Gasteiger charge is -2.46. The Hall–Kier alpha value is -7.49. The maximum absolute atomic E-state index is 14.2. The first-order chi connectivity index (χ1) is 35.0. The van der Waals surface area contributed by atoms with E-state index in [2.05, 4.69) is 0 Å². The summed E-state index contributed by atoms with van der Waals surface area (Å²) in [5.41, 5.74) is -28.0. The first-order valence-electron chi connectivity index (χ1n) is 21.0. The van der Waals surface area contributed by atoms with E-state index in [0.717, 1.165) is 11.1 Å². The Kier molecular flexibility index (Phi) is 15.4. The molecule has 0 atom stereocenters. The minimum Gasteiger partial charge on any atom is -0.258 e. The van der Waals surface area contributed by atoms with Gasteiger partial charge in [-0.25, -0.2) is 0 Å². The van der Waals surface area contributed by atoms with E-state index in [4.69, 9.17) is 0 Å². The molecule has 1 aromatic heterocycles. The molecule has 0 bridgehead atoms. The van der Waals surface area contributed by atoms with Gasteiger partial charge < -0.3 is 0 Å². The van der Waals surface area contributed by atoms with Crippen molar-refractivity contribution in [1.29, 1.82) is 0 Å². The van der Waals surface area contributed by atoms with E-state index >= 15 is 0 Å². The van der Waals surface area contributed by atoms with E-state index in [9.17, 15) is 115 Å². The quantitative estimate of drug-likeness (QED) is 0.0525. The summed E-state index contributed by atoms with van der Waals surface area (Å²) in [7, 11) is 0. The molecule has 0 aliphatic carbocycles. The summed E-state index contributed by atoms with van der Waals surface area (Å²) in [4.78, 5) is 10.7. The minimum atomic E-state index is -6.13. The Morgan fingerprint density at radius 2 is 0.623 bits per heavy atom. The molecule has 77 heavy (non-hydrogen) atoms. The van der Waals surface area contributed by atoms with Crippen molar-refractivity contribution in [1.82, 2.24) is 0 Å². The van der Waals surface area contributed by atoms with Crippen LogP contribution in [0.15, 0.2) is 140 Å². The van der Waals surface area contributed by atoms with Crippen molar-refractivity contribution in [3.05, 3.63) is 200 Å². The number of nitrogens with zero attached hydrogens (tertiary/aromatic N) is 2. The van der Waals surface area contributed by atoms with Crippen molar-refractivity contribution >= 4 is 44.6 Å². The standard InChI is InChI=1S/C32H12BF24.C16H13N2O2/c34-25(35,36)13-1-14(26(37,38)39)6-21(5-13)33(22-7-15(27(40,41)42)2-16(8-22)28(43,44)45,23-9-17(29(46,47)48)3-18(10-23)30(49,50)51)24-11-19(31(52,53)54)4-20(12-24)32(55,56)57;19-18(20)16-10-11-17(12-13-6-2-1-3-7-13)15-9-5-4-8-14(15)16/h1-12H;1-11H,12H2/q-1;+1. The van der Waals surface area contributed by atoms with E-state index in [0.29, 0.717) is 11.9 Å². The number of nitro groups is 1. The van der Waals surface area contributed by atoms with Crippen LogP contribution >= 0.6 is 0 Å². The second-order valence-electron chi connectivity index (χ2n) is 16.8. The third kappa shape index (κ3) is 13.0. The number of para-hydroxylation sites is 1. The highest BCUT2D eigenvalue weighted by atomic mass is 19.4. The van der Waals surface area contributed by atoms with Crippen LogP contribution in [0, 0.1) is 10.1 Å². The summed E-state index contributed by atoms with van der Waals surface area (Å²) in [5.74, 6) is 0. The fourth-order valence-corrected chi connectivity index (χ4v) is 8.42. The summed E-state index contributed by atoms with van der Waals surface area (Å²) in [6.07, 6.45) is -53.0. The Bertz CT molecular complexity index is 2880.